The molecule has 0 spiro atoms. The number of amides is 1. The number of rotatable bonds is 9. The van der Waals surface area contributed by atoms with Crippen LogP contribution in [-0.4, -0.2) is 75.7 Å². The van der Waals surface area contributed by atoms with Gasteiger partial charge in [-0.25, -0.2) is 18.1 Å². The van der Waals surface area contributed by atoms with E-state index >= 15 is 0 Å². The van der Waals surface area contributed by atoms with Gasteiger partial charge in [-0.05, 0) is 29.8 Å². The highest BCUT2D eigenvalue weighted by molar-refractivity contribution is 7.89. The first-order valence-electron chi connectivity index (χ1n) is 12.3. The lowest BCUT2D eigenvalue weighted by Gasteiger charge is -2.26. The van der Waals surface area contributed by atoms with Crippen LogP contribution in [0.1, 0.15) is 15.9 Å². The highest BCUT2D eigenvalue weighted by Gasteiger charge is 2.26. The third-order valence-corrected chi connectivity index (χ3v) is 8.37. The van der Waals surface area contributed by atoms with E-state index in [2.05, 4.69) is 15.4 Å². The molecule has 0 unspecified atom stereocenters. The number of hydrogen-bond donors (Lipinski definition) is 1. The Labute approximate surface area is 228 Å². The van der Waals surface area contributed by atoms with Crippen LogP contribution >= 0.6 is 0 Å². The minimum Gasteiger partial charge on any atom is -0.379 e. The summed E-state index contributed by atoms with van der Waals surface area (Å²) in [7, 11) is -3.65. The number of carbonyl (C=O) groups excluding carboxylic acids is 1. The summed E-state index contributed by atoms with van der Waals surface area (Å²) < 4.78 is 35.0. The standard InChI is InChI=1S/C25H25N7O7S/c33-24(19-3-7-21(8-4-19)40(37,38)30-11-13-39-14-12-30)26-9-10-31-23-22(15-28-31)25(34)29(17-27-23)16-18-1-5-20(6-2-18)32(35)36/h1-8,15,17H,9-14,16H2,(H,26,33). The number of nitrogens with one attached hydrogen (secondary N) is 1. The van der Waals surface area contributed by atoms with Crippen molar-refractivity contribution in [2.75, 3.05) is 32.8 Å². The molecule has 14 nitrogen and oxygen atoms in total. The maximum absolute atomic E-state index is 12.9. The molecule has 0 radical (unpaired) electrons. The molecule has 1 aliphatic rings. The monoisotopic (exact) mass is 567 g/mol. The van der Waals surface area contributed by atoms with Gasteiger partial charge in [0, 0.05) is 37.3 Å². The SMILES string of the molecule is O=C(NCCn1ncc2c(=O)n(Cc3ccc([N+](=O)[O-])cc3)cnc21)c1ccc(S(=O)(=O)N2CCOCC2)cc1. The number of carbonyl (C=O) groups is 1. The van der Waals surface area contributed by atoms with Gasteiger partial charge in [0.05, 0.1) is 42.3 Å². The molecule has 3 heterocycles. The molecule has 1 N–H and O–H groups in total. The third-order valence-electron chi connectivity index (χ3n) is 6.46. The second-order valence-electron chi connectivity index (χ2n) is 9.00. The number of aromatic nitrogens is 4. The molecule has 0 atom stereocenters. The van der Waals surface area contributed by atoms with Crippen LogP contribution in [-0.2, 0) is 27.8 Å². The van der Waals surface area contributed by atoms with Crippen LogP contribution in [0.15, 0.2) is 70.7 Å². The zero-order valence-corrected chi connectivity index (χ0v) is 22.0. The lowest BCUT2D eigenvalue weighted by Crippen LogP contribution is -2.40. The summed E-state index contributed by atoms with van der Waals surface area (Å²) in [5.74, 6) is -0.384. The minimum absolute atomic E-state index is 0.0354. The molecule has 1 amide bonds. The summed E-state index contributed by atoms with van der Waals surface area (Å²) in [5, 5.41) is 18.1. The summed E-state index contributed by atoms with van der Waals surface area (Å²) in [6, 6.07) is 11.6. The van der Waals surface area contributed by atoms with Gasteiger partial charge in [0.1, 0.15) is 11.7 Å². The van der Waals surface area contributed by atoms with Gasteiger partial charge in [-0.15, -0.1) is 0 Å². The number of ether oxygens (including phenoxy) is 1. The van der Waals surface area contributed by atoms with E-state index in [1.54, 1.807) is 12.1 Å². The van der Waals surface area contributed by atoms with Gasteiger partial charge in [-0.1, -0.05) is 12.1 Å². The third kappa shape index (κ3) is 5.61. The highest BCUT2D eigenvalue weighted by Crippen LogP contribution is 2.18. The molecule has 40 heavy (non-hydrogen) atoms. The van der Waals surface area contributed by atoms with E-state index in [9.17, 15) is 28.1 Å². The average molecular weight is 568 g/mol. The summed E-state index contributed by atoms with van der Waals surface area (Å²) in [6.45, 7) is 1.89. The van der Waals surface area contributed by atoms with Gasteiger partial charge in [-0.3, -0.25) is 24.3 Å². The maximum Gasteiger partial charge on any atom is 0.269 e. The Kier molecular flexibility index (Phi) is 7.68. The van der Waals surface area contributed by atoms with Crippen LogP contribution < -0.4 is 10.9 Å². The number of benzene rings is 2. The van der Waals surface area contributed by atoms with Crippen molar-refractivity contribution in [2.45, 2.75) is 18.0 Å². The first kappa shape index (κ1) is 27.1. The molecular formula is C25H25N7O7S. The molecule has 2 aromatic carbocycles. The Morgan fingerprint density at radius 3 is 2.45 bits per heavy atom. The topological polar surface area (TPSA) is 172 Å². The van der Waals surface area contributed by atoms with Crippen molar-refractivity contribution in [2.24, 2.45) is 0 Å². The number of sulfonamides is 1. The van der Waals surface area contributed by atoms with Gasteiger partial charge in [-0.2, -0.15) is 9.40 Å². The second-order valence-corrected chi connectivity index (χ2v) is 10.9. The van der Waals surface area contributed by atoms with Crippen LogP contribution in [0.5, 0.6) is 0 Å². The number of non-ortho nitro benzene ring substituents is 1. The predicted molar refractivity (Wildman–Crippen MR) is 142 cm³/mol. The van der Waals surface area contributed by atoms with Crippen LogP contribution in [0.2, 0.25) is 0 Å². The Morgan fingerprint density at radius 1 is 1.07 bits per heavy atom. The average Bonchev–Trinajstić information content (AvgIpc) is 3.39. The van der Waals surface area contributed by atoms with Crippen molar-refractivity contribution in [3.63, 3.8) is 0 Å². The fourth-order valence-corrected chi connectivity index (χ4v) is 5.69. The zero-order chi connectivity index (χ0) is 28.3. The minimum atomic E-state index is -3.65. The molecular weight excluding hydrogens is 542 g/mol. The van der Waals surface area contributed by atoms with Crippen LogP contribution in [0.3, 0.4) is 0 Å². The van der Waals surface area contributed by atoms with Crippen LogP contribution in [0, 0.1) is 10.1 Å². The van der Waals surface area contributed by atoms with Gasteiger partial charge >= 0.3 is 0 Å². The summed E-state index contributed by atoms with van der Waals surface area (Å²) in [6.07, 6.45) is 2.79. The molecule has 1 fully saturated rings. The molecule has 0 saturated carbocycles. The lowest BCUT2D eigenvalue weighted by atomic mass is 10.2. The van der Waals surface area contributed by atoms with E-state index < -0.39 is 14.9 Å². The molecule has 0 bridgehead atoms. The Bertz CT molecular complexity index is 1710. The summed E-state index contributed by atoms with van der Waals surface area (Å²) in [5.41, 5.74) is 1.02. The van der Waals surface area contributed by atoms with Crippen molar-refractivity contribution in [1.82, 2.24) is 29.0 Å². The lowest BCUT2D eigenvalue weighted by molar-refractivity contribution is -0.384. The number of morpholine rings is 1. The Balaban J connectivity index is 1.20. The Hall–Kier alpha value is -4.47. The number of nitrogens with zero attached hydrogens (tertiary/aromatic N) is 6. The first-order chi connectivity index (χ1) is 19.2. The highest BCUT2D eigenvalue weighted by atomic mass is 32.2. The largest absolute Gasteiger partial charge is 0.379 e. The fraction of sp³-hybridized carbons (Fsp3) is 0.280. The summed E-state index contributed by atoms with van der Waals surface area (Å²) in [4.78, 5) is 40.3. The number of hydrogen-bond acceptors (Lipinski definition) is 9. The van der Waals surface area contributed by atoms with Crippen molar-refractivity contribution < 1.29 is 22.9 Å². The normalized spacial score (nSPS) is 14.3. The van der Waals surface area contributed by atoms with E-state index in [-0.39, 0.29) is 54.8 Å². The fourth-order valence-electron chi connectivity index (χ4n) is 4.29. The molecule has 15 heteroatoms. The van der Waals surface area contributed by atoms with E-state index in [1.165, 1.54) is 62.5 Å². The predicted octanol–water partition coefficient (Wildman–Crippen LogP) is 1.00. The molecule has 4 aromatic rings. The molecule has 208 valence electrons. The molecule has 5 rings (SSSR count). The van der Waals surface area contributed by atoms with Crippen molar-refractivity contribution in [1.29, 1.82) is 0 Å². The first-order valence-corrected chi connectivity index (χ1v) is 13.8. The van der Waals surface area contributed by atoms with Crippen LogP contribution in [0.25, 0.3) is 11.0 Å². The van der Waals surface area contributed by atoms with Crippen molar-refractivity contribution in [3.05, 3.63) is 92.7 Å². The van der Waals surface area contributed by atoms with Crippen molar-refractivity contribution in [3.8, 4) is 0 Å². The van der Waals surface area contributed by atoms with E-state index in [0.29, 0.717) is 35.4 Å². The quantitative estimate of drug-likeness (QED) is 0.229. The number of fused-ring (bicyclic) bond motifs is 1. The number of nitro groups is 1. The number of nitro benzene ring substituents is 1. The summed E-state index contributed by atoms with van der Waals surface area (Å²) >= 11 is 0. The van der Waals surface area contributed by atoms with E-state index in [1.807, 2.05) is 0 Å². The maximum atomic E-state index is 12.9. The van der Waals surface area contributed by atoms with E-state index in [4.69, 9.17) is 4.74 Å². The molecule has 0 aliphatic carbocycles. The Morgan fingerprint density at radius 2 is 1.77 bits per heavy atom. The van der Waals surface area contributed by atoms with Gasteiger partial charge < -0.3 is 10.1 Å². The van der Waals surface area contributed by atoms with Gasteiger partial charge in [0.25, 0.3) is 17.2 Å². The van der Waals surface area contributed by atoms with Gasteiger partial charge in [0.2, 0.25) is 10.0 Å². The van der Waals surface area contributed by atoms with E-state index in [0.717, 1.165) is 0 Å². The molecule has 2 aromatic heterocycles. The van der Waals surface area contributed by atoms with Crippen LogP contribution in [0.4, 0.5) is 5.69 Å². The van der Waals surface area contributed by atoms with Gasteiger partial charge in [0.15, 0.2) is 5.65 Å². The molecule has 1 saturated heterocycles. The smallest absolute Gasteiger partial charge is 0.269 e. The van der Waals surface area contributed by atoms with Crippen molar-refractivity contribution >= 4 is 32.7 Å². The molecule has 1 aliphatic heterocycles. The zero-order valence-electron chi connectivity index (χ0n) is 21.2. The second kappa shape index (κ2) is 11.3.